The highest BCUT2D eigenvalue weighted by Crippen LogP contribution is 2.38. The van der Waals surface area contributed by atoms with Crippen LogP contribution in [-0.2, 0) is 27.4 Å². The molecule has 0 spiro atoms. The van der Waals surface area contributed by atoms with Crippen LogP contribution in [0.3, 0.4) is 0 Å². The number of benzene rings is 2. The third-order valence-corrected chi connectivity index (χ3v) is 8.31. The highest BCUT2D eigenvalue weighted by Gasteiger charge is 2.51. The van der Waals surface area contributed by atoms with Gasteiger partial charge in [-0.25, -0.2) is 4.79 Å². The molecule has 0 radical (unpaired) electrons. The maximum Gasteiger partial charge on any atom is 0.327 e. The number of urea groups is 1. The number of rotatable bonds is 10. The Bertz CT molecular complexity index is 1210. The molecule has 1 heterocycles. The van der Waals surface area contributed by atoms with Crippen molar-refractivity contribution in [1.82, 2.24) is 15.1 Å². The van der Waals surface area contributed by atoms with Crippen LogP contribution < -0.4 is 5.32 Å². The average Bonchev–Trinajstić information content (AvgIpc) is 2.94. The van der Waals surface area contributed by atoms with Gasteiger partial charge in [0.1, 0.15) is 0 Å². The van der Waals surface area contributed by atoms with Gasteiger partial charge in [0, 0.05) is 38.9 Å². The first-order valence-corrected chi connectivity index (χ1v) is 14.2. The van der Waals surface area contributed by atoms with Gasteiger partial charge in [-0.05, 0) is 67.9 Å². The van der Waals surface area contributed by atoms with E-state index in [9.17, 15) is 14.4 Å². The van der Waals surface area contributed by atoms with E-state index in [0.717, 1.165) is 28.7 Å². The number of hydrogen-bond donors (Lipinski definition) is 1. The van der Waals surface area contributed by atoms with E-state index in [1.165, 1.54) is 4.90 Å². The van der Waals surface area contributed by atoms with Crippen LogP contribution in [0, 0.1) is 25.7 Å². The number of carbonyl (C=O) groups is 3. The number of nitrogens with one attached hydrogen (secondary N) is 1. The second-order valence-corrected chi connectivity index (χ2v) is 11.6. The van der Waals surface area contributed by atoms with Crippen molar-refractivity contribution in [3.8, 4) is 0 Å². The number of fused-ring (bicyclic) bond motifs is 1. The lowest BCUT2D eigenvalue weighted by atomic mass is 9.77. The second-order valence-electron chi connectivity index (χ2n) is 11.6. The van der Waals surface area contributed by atoms with Gasteiger partial charge in [0.2, 0.25) is 5.91 Å². The van der Waals surface area contributed by atoms with Crippen LogP contribution in [0.1, 0.15) is 65.7 Å². The molecule has 40 heavy (non-hydrogen) atoms. The predicted molar refractivity (Wildman–Crippen MR) is 154 cm³/mol. The minimum atomic E-state index is -0.384. The summed E-state index contributed by atoms with van der Waals surface area (Å²) in [4.78, 5) is 43.5. The monoisotopic (exact) mass is 549 g/mol. The summed E-state index contributed by atoms with van der Waals surface area (Å²) >= 11 is 0. The summed E-state index contributed by atoms with van der Waals surface area (Å²) in [7, 11) is 3.29. The molecule has 2 aromatic rings. The third-order valence-electron chi connectivity index (χ3n) is 8.31. The van der Waals surface area contributed by atoms with E-state index in [2.05, 4.69) is 37.4 Å². The summed E-state index contributed by atoms with van der Waals surface area (Å²) in [5.41, 5.74) is 4.65. The van der Waals surface area contributed by atoms with E-state index in [1.54, 1.807) is 26.4 Å². The van der Waals surface area contributed by atoms with Gasteiger partial charge in [0.15, 0.2) is 0 Å². The minimum Gasteiger partial charge on any atom is -0.379 e. The van der Waals surface area contributed by atoms with Crippen molar-refractivity contribution in [2.24, 2.45) is 11.8 Å². The summed E-state index contributed by atoms with van der Waals surface area (Å²) in [6, 6.07) is 12.8. The molecular weight excluding hydrogens is 506 g/mol. The molecule has 1 saturated heterocycles. The van der Waals surface area contributed by atoms with E-state index in [1.807, 2.05) is 30.9 Å². The lowest BCUT2D eigenvalue weighted by Crippen LogP contribution is -2.64. The quantitative estimate of drug-likeness (QED) is 0.458. The Morgan fingerprint density at radius 1 is 0.975 bits per heavy atom. The lowest BCUT2D eigenvalue weighted by Gasteiger charge is -2.50. The molecule has 4 atom stereocenters. The number of hydrogen-bond acceptors (Lipinski definition) is 5. The summed E-state index contributed by atoms with van der Waals surface area (Å²) in [6.07, 6.45) is 1.52. The van der Waals surface area contributed by atoms with Crippen molar-refractivity contribution in [1.29, 1.82) is 0 Å². The third kappa shape index (κ3) is 6.56. The number of methoxy groups -OCH3 is 2. The fourth-order valence-corrected chi connectivity index (χ4v) is 5.82. The van der Waals surface area contributed by atoms with Gasteiger partial charge in [-0.1, -0.05) is 49.7 Å². The fraction of sp³-hybridized carbons (Fsp3) is 0.531. The normalized spacial score (nSPS) is 23.0. The molecule has 216 valence electrons. The van der Waals surface area contributed by atoms with Gasteiger partial charge in [-0.3, -0.25) is 14.5 Å². The first-order chi connectivity index (χ1) is 19.1. The van der Waals surface area contributed by atoms with E-state index in [4.69, 9.17) is 9.47 Å². The molecule has 4 amide bonds. The second kappa shape index (κ2) is 13.0. The largest absolute Gasteiger partial charge is 0.379 e. The van der Waals surface area contributed by atoms with Gasteiger partial charge in [-0.15, -0.1) is 0 Å². The van der Waals surface area contributed by atoms with Gasteiger partial charge < -0.3 is 19.7 Å². The molecule has 4 rings (SSSR count). The maximum absolute atomic E-state index is 14.0. The smallest absolute Gasteiger partial charge is 0.327 e. The summed E-state index contributed by atoms with van der Waals surface area (Å²) in [6.45, 7) is 9.51. The van der Waals surface area contributed by atoms with Crippen molar-refractivity contribution >= 4 is 17.8 Å². The van der Waals surface area contributed by atoms with Crippen molar-refractivity contribution in [3.05, 3.63) is 70.3 Å². The summed E-state index contributed by atoms with van der Waals surface area (Å²) in [5, 5.41) is 2.95. The molecule has 0 aromatic heterocycles. The van der Waals surface area contributed by atoms with Crippen LogP contribution in [0.25, 0.3) is 0 Å². The first-order valence-electron chi connectivity index (χ1n) is 14.2. The Morgan fingerprint density at radius 3 is 2.30 bits per heavy atom. The van der Waals surface area contributed by atoms with E-state index >= 15 is 0 Å². The molecule has 8 heteroatoms. The Kier molecular flexibility index (Phi) is 9.64. The van der Waals surface area contributed by atoms with Crippen LogP contribution >= 0.6 is 0 Å². The average molecular weight is 550 g/mol. The summed E-state index contributed by atoms with van der Waals surface area (Å²) in [5.74, 6) is -0.176. The van der Waals surface area contributed by atoms with Gasteiger partial charge >= 0.3 is 6.03 Å². The molecule has 2 fully saturated rings. The van der Waals surface area contributed by atoms with E-state index in [-0.39, 0.29) is 48.6 Å². The number of aryl methyl sites for hydroxylation is 2. The number of imide groups is 1. The molecule has 1 aliphatic heterocycles. The predicted octanol–water partition coefficient (Wildman–Crippen LogP) is 4.85. The van der Waals surface area contributed by atoms with E-state index < -0.39 is 0 Å². The molecular formula is C32H43N3O5. The molecule has 8 nitrogen and oxygen atoms in total. The zero-order valence-electron chi connectivity index (χ0n) is 24.6. The number of amides is 4. The molecule has 4 unspecified atom stereocenters. The fourth-order valence-electron chi connectivity index (χ4n) is 5.82. The number of nitrogens with zero attached hydrogens (tertiary/aromatic N) is 2. The highest BCUT2D eigenvalue weighted by molar-refractivity contribution is 5.99. The SMILES string of the molecule is COC1CC2C(=O)N(Cc3ccc(C(=O)NCCC(C)C)cc3)C(=O)N(Cc3cc(C)ccc3C)C2CC1OC. The molecule has 1 saturated carbocycles. The first kappa shape index (κ1) is 29.7. The molecule has 1 N–H and O–H groups in total. The van der Waals surface area contributed by atoms with Crippen molar-refractivity contribution in [2.75, 3.05) is 20.8 Å². The molecule has 0 bridgehead atoms. The topological polar surface area (TPSA) is 88.2 Å². The lowest BCUT2D eigenvalue weighted by molar-refractivity contribution is -0.152. The van der Waals surface area contributed by atoms with Gasteiger partial charge in [-0.2, -0.15) is 0 Å². The minimum absolute atomic E-state index is 0.125. The van der Waals surface area contributed by atoms with Crippen molar-refractivity contribution in [3.63, 3.8) is 0 Å². The van der Waals surface area contributed by atoms with Gasteiger partial charge in [0.05, 0.1) is 24.7 Å². The molecule has 1 aliphatic carbocycles. The van der Waals surface area contributed by atoms with Crippen LogP contribution in [-0.4, -0.2) is 66.7 Å². The Labute approximate surface area is 238 Å². The Hall–Kier alpha value is -3.23. The molecule has 2 aliphatic rings. The number of ether oxygens (including phenoxy) is 2. The van der Waals surface area contributed by atoms with E-state index in [0.29, 0.717) is 37.4 Å². The zero-order chi connectivity index (χ0) is 29.0. The van der Waals surface area contributed by atoms with Crippen molar-refractivity contribution in [2.45, 2.75) is 78.3 Å². The number of carbonyl (C=O) groups excluding carboxylic acids is 3. The van der Waals surface area contributed by atoms with Crippen LogP contribution in [0.5, 0.6) is 0 Å². The Morgan fingerprint density at radius 2 is 1.65 bits per heavy atom. The zero-order valence-corrected chi connectivity index (χ0v) is 24.6. The maximum atomic E-state index is 14.0. The summed E-state index contributed by atoms with van der Waals surface area (Å²) < 4.78 is 11.4. The molecule has 2 aromatic carbocycles. The van der Waals surface area contributed by atoms with Crippen LogP contribution in [0.2, 0.25) is 0 Å². The van der Waals surface area contributed by atoms with Crippen LogP contribution in [0.15, 0.2) is 42.5 Å². The highest BCUT2D eigenvalue weighted by atomic mass is 16.5. The van der Waals surface area contributed by atoms with Gasteiger partial charge in [0.25, 0.3) is 5.91 Å². The van der Waals surface area contributed by atoms with Crippen molar-refractivity contribution < 1.29 is 23.9 Å². The van der Waals surface area contributed by atoms with Crippen LogP contribution in [0.4, 0.5) is 4.79 Å². The standard InChI is InChI=1S/C32H43N3O5/c1-20(2)13-14-33-30(36)24-11-9-23(10-12-24)18-35-31(37)26-16-28(39-5)29(40-6)17-27(26)34(32(35)38)19-25-15-21(3)7-8-22(25)4/h7-12,15,20,26-29H,13-14,16-19H2,1-6H3,(H,33,36). The Balaban J connectivity index is 1.57.